The van der Waals surface area contributed by atoms with Gasteiger partial charge in [-0.3, -0.25) is 9.78 Å². The molecule has 2 aromatic heterocycles. The molecule has 7 nitrogen and oxygen atoms in total. The fourth-order valence-electron chi connectivity index (χ4n) is 2.24. The third-order valence-electron chi connectivity index (χ3n) is 3.57. The average molecular weight is 384 g/mol. The summed E-state index contributed by atoms with van der Waals surface area (Å²) in [6, 6.07) is 11.6. The SMILES string of the molecule is COC(=O)c1ccc(-c2ccc(C=NNC(=O)c3cccnc3)o2)cc1Cl. The lowest BCUT2D eigenvalue weighted by Crippen LogP contribution is -2.17. The summed E-state index contributed by atoms with van der Waals surface area (Å²) in [6.45, 7) is 0. The van der Waals surface area contributed by atoms with Crippen LogP contribution in [0.3, 0.4) is 0 Å². The van der Waals surface area contributed by atoms with Crippen molar-refractivity contribution in [2.75, 3.05) is 7.11 Å². The van der Waals surface area contributed by atoms with Gasteiger partial charge in [-0.1, -0.05) is 17.7 Å². The molecule has 3 rings (SSSR count). The molecule has 0 bridgehead atoms. The van der Waals surface area contributed by atoms with E-state index in [1.54, 1.807) is 48.7 Å². The number of pyridine rings is 1. The summed E-state index contributed by atoms with van der Waals surface area (Å²) >= 11 is 6.11. The highest BCUT2D eigenvalue weighted by Crippen LogP contribution is 2.27. The van der Waals surface area contributed by atoms with Crippen LogP contribution in [0.1, 0.15) is 26.5 Å². The molecule has 136 valence electrons. The lowest BCUT2D eigenvalue weighted by Gasteiger charge is -2.04. The van der Waals surface area contributed by atoms with Gasteiger partial charge in [0.05, 0.1) is 29.5 Å². The fourth-order valence-corrected chi connectivity index (χ4v) is 2.50. The standard InChI is InChI=1S/C19H14ClN3O4/c1-26-19(25)15-6-4-12(9-16(15)20)17-7-5-14(27-17)11-22-23-18(24)13-3-2-8-21-10-13/h2-11H,1H3,(H,23,24). The molecule has 2 heterocycles. The molecule has 0 radical (unpaired) electrons. The predicted octanol–water partition coefficient (Wildman–Crippen LogP) is 3.55. The lowest BCUT2D eigenvalue weighted by atomic mass is 10.1. The van der Waals surface area contributed by atoms with Crippen molar-refractivity contribution in [2.45, 2.75) is 0 Å². The highest BCUT2D eigenvalue weighted by molar-refractivity contribution is 6.33. The van der Waals surface area contributed by atoms with Crippen molar-refractivity contribution in [3.63, 3.8) is 0 Å². The Balaban J connectivity index is 1.69. The number of ether oxygens (including phenoxy) is 1. The van der Waals surface area contributed by atoms with Crippen LogP contribution in [0.5, 0.6) is 0 Å². The van der Waals surface area contributed by atoms with Gasteiger partial charge in [-0.2, -0.15) is 5.10 Å². The molecule has 0 saturated carbocycles. The van der Waals surface area contributed by atoms with E-state index in [4.69, 9.17) is 16.0 Å². The second-order valence-electron chi connectivity index (χ2n) is 5.33. The summed E-state index contributed by atoms with van der Waals surface area (Å²) < 4.78 is 10.3. The van der Waals surface area contributed by atoms with Crippen LogP contribution >= 0.6 is 11.6 Å². The Bertz CT molecular complexity index is 999. The number of carbonyl (C=O) groups excluding carboxylic acids is 2. The summed E-state index contributed by atoms with van der Waals surface area (Å²) in [6.07, 6.45) is 4.40. The molecule has 0 fully saturated rings. The van der Waals surface area contributed by atoms with Gasteiger partial charge in [0.15, 0.2) is 0 Å². The number of nitrogens with zero attached hydrogens (tertiary/aromatic N) is 2. The van der Waals surface area contributed by atoms with Crippen molar-refractivity contribution >= 4 is 29.7 Å². The van der Waals surface area contributed by atoms with Crippen LogP contribution in [0.2, 0.25) is 5.02 Å². The van der Waals surface area contributed by atoms with Gasteiger partial charge in [-0.25, -0.2) is 10.2 Å². The van der Waals surface area contributed by atoms with Gasteiger partial charge in [0.1, 0.15) is 11.5 Å². The Morgan fingerprint density at radius 2 is 2.11 bits per heavy atom. The molecule has 0 atom stereocenters. The van der Waals surface area contributed by atoms with E-state index in [0.29, 0.717) is 22.6 Å². The van der Waals surface area contributed by atoms with E-state index in [1.165, 1.54) is 19.5 Å². The van der Waals surface area contributed by atoms with Crippen LogP contribution in [0.25, 0.3) is 11.3 Å². The van der Waals surface area contributed by atoms with Gasteiger partial charge in [0.25, 0.3) is 5.91 Å². The zero-order valence-corrected chi connectivity index (χ0v) is 14.9. The first kappa shape index (κ1) is 18.3. The number of esters is 1. The Labute approximate surface area is 159 Å². The number of carbonyl (C=O) groups is 2. The maximum Gasteiger partial charge on any atom is 0.339 e. The zero-order chi connectivity index (χ0) is 19.2. The molecule has 8 heteroatoms. The third kappa shape index (κ3) is 4.39. The number of rotatable bonds is 5. The minimum atomic E-state index is -0.511. The van der Waals surface area contributed by atoms with Crippen LogP contribution in [0, 0.1) is 0 Å². The first-order valence-electron chi connectivity index (χ1n) is 7.80. The van der Waals surface area contributed by atoms with E-state index in [2.05, 4.69) is 20.2 Å². The number of nitrogens with one attached hydrogen (secondary N) is 1. The monoisotopic (exact) mass is 383 g/mol. The Hall–Kier alpha value is -3.45. The molecule has 0 saturated heterocycles. The van der Waals surface area contributed by atoms with E-state index in [1.807, 2.05) is 0 Å². The van der Waals surface area contributed by atoms with Crippen molar-refractivity contribution in [1.82, 2.24) is 10.4 Å². The molecule has 1 N–H and O–H groups in total. The van der Waals surface area contributed by atoms with Crippen molar-refractivity contribution in [1.29, 1.82) is 0 Å². The van der Waals surface area contributed by atoms with Crippen molar-refractivity contribution < 1.29 is 18.7 Å². The molecule has 1 aromatic carbocycles. The van der Waals surface area contributed by atoms with Gasteiger partial charge in [0, 0.05) is 18.0 Å². The van der Waals surface area contributed by atoms with E-state index in [9.17, 15) is 9.59 Å². The van der Waals surface area contributed by atoms with E-state index in [0.717, 1.165) is 0 Å². The van der Waals surface area contributed by atoms with Crippen LogP contribution in [-0.2, 0) is 4.74 Å². The zero-order valence-electron chi connectivity index (χ0n) is 14.2. The average Bonchev–Trinajstić information content (AvgIpc) is 3.17. The minimum Gasteiger partial charge on any atom is -0.465 e. The normalized spacial score (nSPS) is 10.7. The number of benzene rings is 1. The number of amides is 1. The van der Waals surface area contributed by atoms with Crippen LogP contribution in [-0.4, -0.2) is 30.2 Å². The maximum absolute atomic E-state index is 11.9. The molecule has 1 amide bonds. The Morgan fingerprint density at radius 1 is 1.26 bits per heavy atom. The van der Waals surface area contributed by atoms with Gasteiger partial charge in [0.2, 0.25) is 0 Å². The maximum atomic E-state index is 11.9. The van der Waals surface area contributed by atoms with Gasteiger partial charge < -0.3 is 9.15 Å². The van der Waals surface area contributed by atoms with Gasteiger partial charge in [-0.15, -0.1) is 0 Å². The van der Waals surface area contributed by atoms with Crippen molar-refractivity contribution in [2.24, 2.45) is 5.10 Å². The predicted molar refractivity (Wildman–Crippen MR) is 99.8 cm³/mol. The quantitative estimate of drug-likeness (QED) is 0.413. The van der Waals surface area contributed by atoms with Gasteiger partial charge in [-0.05, 0) is 36.4 Å². The van der Waals surface area contributed by atoms with E-state index >= 15 is 0 Å². The molecule has 0 aliphatic heterocycles. The lowest BCUT2D eigenvalue weighted by molar-refractivity contribution is 0.0600. The summed E-state index contributed by atoms with van der Waals surface area (Å²) in [5.74, 6) is 0.0810. The Kier molecular flexibility index (Phi) is 5.63. The number of hydrazone groups is 1. The second-order valence-corrected chi connectivity index (χ2v) is 5.74. The first-order valence-corrected chi connectivity index (χ1v) is 8.18. The largest absolute Gasteiger partial charge is 0.465 e. The molecule has 3 aromatic rings. The highest BCUT2D eigenvalue weighted by Gasteiger charge is 2.13. The summed E-state index contributed by atoms with van der Waals surface area (Å²) in [7, 11) is 1.29. The molecule has 0 spiro atoms. The number of methoxy groups -OCH3 is 1. The van der Waals surface area contributed by atoms with E-state index < -0.39 is 5.97 Å². The summed E-state index contributed by atoms with van der Waals surface area (Å²) in [5.41, 5.74) is 3.75. The molecule has 0 aliphatic carbocycles. The second kappa shape index (κ2) is 8.29. The molecular formula is C19H14ClN3O4. The summed E-state index contributed by atoms with van der Waals surface area (Å²) in [5, 5.41) is 4.12. The van der Waals surface area contributed by atoms with Crippen LogP contribution in [0.4, 0.5) is 0 Å². The molecule has 0 unspecified atom stereocenters. The smallest absolute Gasteiger partial charge is 0.339 e. The van der Waals surface area contributed by atoms with Crippen LogP contribution < -0.4 is 5.43 Å². The van der Waals surface area contributed by atoms with Crippen molar-refractivity contribution in [3.8, 4) is 11.3 Å². The highest BCUT2D eigenvalue weighted by atomic mass is 35.5. The first-order chi connectivity index (χ1) is 13.1. The van der Waals surface area contributed by atoms with Crippen LogP contribution in [0.15, 0.2) is 64.4 Å². The number of halogens is 1. The number of aromatic nitrogens is 1. The number of hydrogen-bond donors (Lipinski definition) is 1. The molecular weight excluding hydrogens is 370 g/mol. The number of hydrogen-bond acceptors (Lipinski definition) is 6. The Morgan fingerprint density at radius 3 is 2.81 bits per heavy atom. The number of furan rings is 1. The molecule has 0 aliphatic rings. The molecule has 27 heavy (non-hydrogen) atoms. The van der Waals surface area contributed by atoms with E-state index in [-0.39, 0.29) is 16.5 Å². The van der Waals surface area contributed by atoms with Crippen molar-refractivity contribution in [3.05, 3.63) is 76.8 Å². The fraction of sp³-hybridized carbons (Fsp3) is 0.0526. The minimum absolute atomic E-state index is 0.259. The van der Waals surface area contributed by atoms with Gasteiger partial charge >= 0.3 is 5.97 Å². The topological polar surface area (TPSA) is 93.8 Å². The third-order valence-corrected chi connectivity index (χ3v) is 3.88. The summed E-state index contributed by atoms with van der Waals surface area (Å²) in [4.78, 5) is 27.3.